The monoisotopic (exact) mass is 414 g/mol. The quantitative estimate of drug-likeness (QED) is 0.208. The number of benzene rings is 2. The molecular formula is C21H22N2O7. The number of ether oxygens (including phenoxy) is 2. The lowest BCUT2D eigenvalue weighted by atomic mass is 10.1. The van der Waals surface area contributed by atoms with Crippen LogP contribution < -0.4 is 10.1 Å². The number of amides is 1. The number of nitrogens with one attached hydrogen (secondary N) is 1. The number of carbonyl (C=O) groups excluding carboxylic acids is 3. The lowest BCUT2D eigenvalue weighted by Crippen LogP contribution is -2.21. The summed E-state index contributed by atoms with van der Waals surface area (Å²) in [6.07, 6.45) is 1.52. The Labute approximate surface area is 173 Å². The Morgan fingerprint density at radius 1 is 1.10 bits per heavy atom. The molecule has 0 aliphatic heterocycles. The first-order valence-corrected chi connectivity index (χ1v) is 9.18. The third-order valence-electron chi connectivity index (χ3n) is 4.24. The third-order valence-corrected chi connectivity index (χ3v) is 4.24. The predicted octanol–water partition coefficient (Wildman–Crippen LogP) is 2.71. The number of Topliss-reactive ketones (excluding diaryl/α,β-unsaturated/α-hetero) is 1. The van der Waals surface area contributed by atoms with Gasteiger partial charge in [0.05, 0.1) is 12.0 Å². The third kappa shape index (κ3) is 6.40. The molecule has 30 heavy (non-hydrogen) atoms. The molecule has 2 rings (SSSR count). The molecule has 158 valence electrons. The molecule has 0 atom stereocenters. The van der Waals surface area contributed by atoms with Gasteiger partial charge in [0.1, 0.15) is 11.3 Å². The topological polar surface area (TPSA) is 125 Å². The van der Waals surface area contributed by atoms with Crippen LogP contribution in [0.4, 0.5) is 5.69 Å². The van der Waals surface area contributed by atoms with Gasteiger partial charge in [-0.3, -0.25) is 19.7 Å². The maximum atomic E-state index is 12.3. The van der Waals surface area contributed by atoms with E-state index in [1.807, 2.05) is 0 Å². The molecule has 9 nitrogen and oxygen atoms in total. The van der Waals surface area contributed by atoms with Crippen LogP contribution in [0.1, 0.15) is 39.6 Å². The van der Waals surface area contributed by atoms with E-state index >= 15 is 0 Å². The number of aryl methyl sites for hydroxylation is 1. The molecule has 1 amide bonds. The summed E-state index contributed by atoms with van der Waals surface area (Å²) >= 11 is 0. The Bertz CT molecular complexity index is 939. The zero-order chi connectivity index (χ0) is 22.1. The van der Waals surface area contributed by atoms with E-state index in [1.165, 1.54) is 26.2 Å². The van der Waals surface area contributed by atoms with Crippen LogP contribution in [-0.2, 0) is 16.0 Å². The van der Waals surface area contributed by atoms with Crippen molar-refractivity contribution in [2.24, 2.45) is 0 Å². The molecule has 0 unspecified atom stereocenters. The number of esters is 1. The highest BCUT2D eigenvalue weighted by atomic mass is 16.6. The molecule has 0 bridgehead atoms. The van der Waals surface area contributed by atoms with Crippen molar-refractivity contribution >= 4 is 23.3 Å². The average molecular weight is 414 g/mol. The molecule has 0 saturated heterocycles. The maximum Gasteiger partial charge on any atom is 0.342 e. The Hall–Kier alpha value is -3.75. The van der Waals surface area contributed by atoms with Crippen LogP contribution in [0.15, 0.2) is 42.5 Å². The van der Waals surface area contributed by atoms with Crippen molar-refractivity contribution in [1.82, 2.24) is 5.32 Å². The molecule has 1 N–H and O–H groups in total. The van der Waals surface area contributed by atoms with Crippen LogP contribution in [0.5, 0.6) is 5.75 Å². The van der Waals surface area contributed by atoms with Crippen molar-refractivity contribution in [3.05, 3.63) is 69.3 Å². The number of non-ortho nitro benzene ring substituents is 1. The molecule has 0 spiro atoms. The van der Waals surface area contributed by atoms with Gasteiger partial charge < -0.3 is 14.8 Å². The van der Waals surface area contributed by atoms with Crippen molar-refractivity contribution in [1.29, 1.82) is 0 Å². The normalized spacial score (nSPS) is 10.2. The van der Waals surface area contributed by atoms with Gasteiger partial charge >= 0.3 is 5.97 Å². The van der Waals surface area contributed by atoms with E-state index < -0.39 is 23.3 Å². The summed E-state index contributed by atoms with van der Waals surface area (Å²) in [6, 6.07) is 10.4. The summed E-state index contributed by atoms with van der Waals surface area (Å²) in [5, 5.41) is 13.6. The highest BCUT2D eigenvalue weighted by molar-refractivity contribution is 6.00. The van der Waals surface area contributed by atoms with Crippen LogP contribution in [0.2, 0.25) is 0 Å². The lowest BCUT2D eigenvalue weighted by Gasteiger charge is -2.09. The van der Waals surface area contributed by atoms with Gasteiger partial charge in [-0.2, -0.15) is 0 Å². The van der Waals surface area contributed by atoms with E-state index in [4.69, 9.17) is 9.47 Å². The minimum Gasteiger partial charge on any atom is -0.496 e. The number of methoxy groups -OCH3 is 1. The smallest absolute Gasteiger partial charge is 0.342 e. The van der Waals surface area contributed by atoms with Crippen molar-refractivity contribution in [3.63, 3.8) is 0 Å². The van der Waals surface area contributed by atoms with Gasteiger partial charge in [0.15, 0.2) is 12.4 Å². The second-order valence-corrected chi connectivity index (χ2v) is 6.42. The number of hydrogen-bond acceptors (Lipinski definition) is 7. The summed E-state index contributed by atoms with van der Waals surface area (Å²) in [6.45, 7) is 1.53. The molecule has 2 aromatic carbocycles. The van der Waals surface area contributed by atoms with Gasteiger partial charge in [0.2, 0.25) is 5.91 Å². The lowest BCUT2D eigenvalue weighted by molar-refractivity contribution is -0.384. The second kappa shape index (κ2) is 10.7. The van der Waals surface area contributed by atoms with E-state index in [0.29, 0.717) is 12.1 Å². The van der Waals surface area contributed by atoms with Gasteiger partial charge in [0.25, 0.3) is 5.69 Å². The number of rotatable bonds is 10. The second-order valence-electron chi connectivity index (χ2n) is 6.42. The van der Waals surface area contributed by atoms with Crippen LogP contribution in [0.25, 0.3) is 0 Å². The molecule has 0 aromatic heterocycles. The fourth-order valence-corrected chi connectivity index (χ4v) is 2.68. The Morgan fingerprint density at radius 3 is 2.40 bits per heavy atom. The fraction of sp³-hybridized carbons (Fsp3) is 0.286. The number of nitrogens with zero attached hydrogens (tertiary/aromatic N) is 1. The molecule has 9 heteroatoms. The van der Waals surface area contributed by atoms with Crippen LogP contribution in [0, 0.1) is 10.1 Å². The molecule has 0 aliphatic carbocycles. The summed E-state index contributed by atoms with van der Waals surface area (Å²) in [7, 11) is 1.32. The standard InChI is InChI=1S/C21H22N2O7/c1-14(24)22-11-3-4-15-5-7-16(8-6-15)19(25)13-30-21(26)18-12-17(23(27)28)9-10-20(18)29-2/h5-10,12H,3-4,11,13H2,1-2H3,(H,22,24). The van der Waals surface area contributed by atoms with E-state index in [2.05, 4.69) is 5.32 Å². The predicted molar refractivity (Wildman–Crippen MR) is 108 cm³/mol. The van der Waals surface area contributed by atoms with Crippen LogP contribution >= 0.6 is 0 Å². The van der Waals surface area contributed by atoms with Crippen molar-refractivity contribution in [2.45, 2.75) is 19.8 Å². The minimum atomic E-state index is -0.890. The number of nitro benzene ring substituents is 1. The largest absolute Gasteiger partial charge is 0.496 e. The SMILES string of the molecule is COc1ccc([N+](=O)[O-])cc1C(=O)OCC(=O)c1ccc(CCCNC(C)=O)cc1. The zero-order valence-electron chi connectivity index (χ0n) is 16.7. The van der Waals surface area contributed by atoms with E-state index in [1.54, 1.807) is 24.3 Å². The molecule has 2 aromatic rings. The van der Waals surface area contributed by atoms with Crippen molar-refractivity contribution < 1.29 is 28.8 Å². The Kier molecular flexibility index (Phi) is 8.04. The summed E-state index contributed by atoms with van der Waals surface area (Å²) in [5.41, 5.74) is 0.965. The Balaban J connectivity index is 1.94. The molecule has 0 aliphatic rings. The number of hydrogen-bond donors (Lipinski definition) is 1. The van der Waals surface area contributed by atoms with Gasteiger partial charge in [-0.15, -0.1) is 0 Å². The van der Waals surface area contributed by atoms with Crippen LogP contribution in [-0.4, -0.2) is 42.8 Å². The molecule has 0 heterocycles. The van der Waals surface area contributed by atoms with Gasteiger partial charge in [0, 0.05) is 31.2 Å². The molecule has 0 fully saturated rings. The van der Waals surface area contributed by atoms with E-state index in [9.17, 15) is 24.5 Å². The Morgan fingerprint density at radius 2 is 1.80 bits per heavy atom. The van der Waals surface area contributed by atoms with E-state index in [0.717, 1.165) is 24.5 Å². The van der Waals surface area contributed by atoms with Crippen molar-refractivity contribution in [3.8, 4) is 5.75 Å². The van der Waals surface area contributed by atoms with Gasteiger partial charge in [-0.25, -0.2) is 4.79 Å². The van der Waals surface area contributed by atoms with E-state index in [-0.39, 0.29) is 22.9 Å². The minimum absolute atomic E-state index is 0.0757. The average Bonchev–Trinajstić information content (AvgIpc) is 2.74. The van der Waals surface area contributed by atoms with Crippen LogP contribution in [0.3, 0.4) is 0 Å². The first-order chi connectivity index (χ1) is 14.3. The van der Waals surface area contributed by atoms with Crippen molar-refractivity contribution in [2.75, 3.05) is 20.3 Å². The number of carbonyl (C=O) groups is 3. The summed E-state index contributed by atoms with van der Waals surface area (Å²) in [4.78, 5) is 45.7. The summed E-state index contributed by atoms with van der Waals surface area (Å²) < 4.78 is 10.1. The highest BCUT2D eigenvalue weighted by Crippen LogP contribution is 2.24. The fourth-order valence-electron chi connectivity index (χ4n) is 2.68. The molecule has 0 radical (unpaired) electrons. The molecule has 0 saturated carbocycles. The van der Waals surface area contributed by atoms with Gasteiger partial charge in [-0.1, -0.05) is 24.3 Å². The maximum absolute atomic E-state index is 12.3. The summed E-state index contributed by atoms with van der Waals surface area (Å²) in [5.74, 6) is -1.26. The zero-order valence-corrected chi connectivity index (χ0v) is 16.7. The first kappa shape index (κ1) is 22.5. The van der Waals surface area contributed by atoms with Gasteiger partial charge in [-0.05, 0) is 24.5 Å². The molecular weight excluding hydrogens is 392 g/mol. The number of nitro groups is 1. The first-order valence-electron chi connectivity index (χ1n) is 9.18. The highest BCUT2D eigenvalue weighted by Gasteiger charge is 2.20. The number of ketones is 1.